The summed E-state index contributed by atoms with van der Waals surface area (Å²) < 4.78 is 21.9. The van der Waals surface area contributed by atoms with Gasteiger partial charge in [0.1, 0.15) is 23.0 Å². The second-order valence-corrected chi connectivity index (χ2v) is 13.2. The van der Waals surface area contributed by atoms with Gasteiger partial charge in [0.05, 0.1) is 23.8 Å². The standard InChI is InChI=1S/C46H38O8/c1-30(47)33-9-11-34(12-10-33)43(48)52-40-21-5-31(6-22-40)29-32-7-23-41(24-8-32)53-44(49)35-13-15-36(16-14-35)45(50)54-42-27-19-38(20-28-42)46(2,3)37-17-25-39(51-4)26-18-37/h5-28H,29H2,1-4H3. The molecule has 0 amide bonds. The second kappa shape index (κ2) is 16.3. The van der Waals surface area contributed by atoms with E-state index in [1.54, 1.807) is 67.8 Å². The molecule has 0 spiro atoms. The maximum Gasteiger partial charge on any atom is 0.343 e. The minimum Gasteiger partial charge on any atom is -0.497 e. The zero-order valence-electron chi connectivity index (χ0n) is 30.3. The van der Waals surface area contributed by atoms with E-state index in [1.165, 1.54) is 31.2 Å². The Labute approximate surface area is 313 Å². The van der Waals surface area contributed by atoms with Gasteiger partial charge in [-0.3, -0.25) is 4.79 Å². The first-order valence-corrected chi connectivity index (χ1v) is 17.3. The molecule has 0 unspecified atom stereocenters. The van der Waals surface area contributed by atoms with E-state index in [9.17, 15) is 19.2 Å². The van der Waals surface area contributed by atoms with Gasteiger partial charge in [0.25, 0.3) is 0 Å². The molecule has 0 radical (unpaired) electrons. The van der Waals surface area contributed by atoms with Gasteiger partial charge in [-0.05, 0) is 121 Å². The zero-order valence-corrected chi connectivity index (χ0v) is 30.3. The van der Waals surface area contributed by atoms with Crippen molar-refractivity contribution in [3.63, 3.8) is 0 Å². The van der Waals surface area contributed by atoms with Crippen molar-refractivity contribution in [2.24, 2.45) is 0 Å². The van der Waals surface area contributed by atoms with E-state index >= 15 is 0 Å². The number of Topliss-reactive ketones (excluding diaryl/α,β-unsaturated/α-hetero) is 1. The molecular weight excluding hydrogens is 680 g/mol. The van der Waals surface area contributed by atoms with Gasteiger partial charge in [-0.25, -0.2) is 14.4 Å². The molecule has 0 aliphatic heterocycles. The average Bonchev–Trinajstić information content (AvgIpc) is 3.19. The SMILES string of the molecule is COc1ccc(C(C)(C)c2ccc(OC(=O)c3ccc(C(=O)Oc4ccc(Cc5ccc(OC(=O)c6ccc(C(C)=O)cc6)cc5)cc4)cc3)cc2)cc1. The Bertz CT molecular complexity index is 2250. The maximum atomic E-state index is 12.9. The second-order valence-electron chi connectivity index (χ2n) is 13.2. The molecule has 0 atom stereocenters. The summed E-state index contributed by atoms with van der Waals surface area (Å²) in [5, 5.41) is 0. The number of hydrogen-bond acceptors (Lipinski definition) is 8. The van der Waals surface area contributed by atoms with Crippen molar-refractivity contribution < 1.29 is 38.1 Å². The quantitative estimate of drug-likeness (QED) is 0.0700. The predicted octanol–water partition coefficient (Wildman–Crippen LogP) is 9.47. The van der Waals surface area contributed by atoms with E-state index in [0.29, 0.717) is 40.4 Å². The van der Waals surface area contributed by atoms with Gasteiger partial charge < -0.3 is 18.9 Å². The number of carbonyl (C=O) groups is 4. The molecule has 8 nitrogen and oxygen atoms in total. The predicted molar refractivity (Wildman–Crippen MR) is 205 cm³/mol. The minimum absolute atomic E-state index is 0.0742. The molecule has 0 N–H and O–H groups in total. The van der Waals surface area contributed by atoms with Gasteiger partial charge in [-0.2, -0.15) is 0 Å². The van der Waals surface area contributed by atoms with E-state index in [2.05, 4.69) is 13.8 Å². The summed E-state index contributed by atoms with van der Waals surface area (Å²) in [5.41, 5.74) is 5.36. The fourth-order valence-corrected chi connectivity index (χ4v) is 5.78. The number of ketones is 1. The number of hydrogen-bond donors (Lipinski definition) is 0. The first-order valence-electron chi connectivity index (χ1n) is 17.3. The highest BCUT2D eigenvalue weighted by Gasteiger charge is 2.23. The lowest BCUT2D eigenvalue weighted by atomic mass is 9.78. The highest BCUT2D eigenvalue weighted by molar-refractivity contribution is 5.97. The molecule has 6 aromatic rings. The van der Waals surface area contributed by atoms with Crippen LogP contribution in [0.25, 0.3) is 0 Å². The van der Waals surface area contributed by atoms with E-state index in [-0.39, 0.29) is 16.8 Å². The van der Waals surface area contributed by atoms with E-state index in [1.807, 2.05) is 60.7 Å². The van der Waals surface area contributed by atoms with Gasteiger partial charge in [0.15, 0.2) is 5.78 Å². The molecule has 0 heterocycles. The Morgan fingerprint density at radius 3 is 1.04 bits per heavy atom. The number of ether oxygens (including phenoxy) is 4. The summed E-state index contributed by atoms with van der Waals surface area (Å²) in [6.45, 7) is 5.73. The number of methoxy groups -OCH3 is 1. The normalized spacial score (nSPS) is 11.0. The van der Waals surface area contributed by atoms with Crippen LogP contribution in [0.5, 0.6) is 23.0 Å². The Balaban J connectivity index is 0.982. The van der Waals surface area contributed by atoms with Crippen LogP contribution in [0.15, 0.2) is 146 Å². The summed E-state index contributed by atoms with van der Waals surface area (Å²) >= 11 is 0. The van der Waals surface area contributed by atoms with Crippen LogP contribution < -0.4 is 18.9 Å². The summed E-state index contributed by atoms with van der Waals surface area (Å²) in [7, 11) is 1.64. The molecule has 8 heteroatoms. The lowest BCUT2D eigenvalue weighted by Crippen LogP contribution is -2.18. The van der Waals surface area contributed by atoms with Crippen molar-refractivity contribution in [2.45, 2.75) is 32.6 Å². The molecule has 0 bridgehead atoms. The topological polar surface area (TPSA) is 105 Å². The van der Waals surface area contributed by atoms with Crippen LogP contribution in [0, 0.1) is 0 Å². The van der Waals surface area contributed by atoms with E-state index in [0.717, 1.165) is 28.0 Å². The molecule has 0 fully saturated rings. The highest BCUT2D eigenvalue weighted by atomic mass is 16.5. The Morgan fingerprint density at radius 2 is 0.722 bits per heavy atom. The van der Waals surface area contributed by atoms with Crippen molar-refractivity contribution in [2.75, 3.05) is 7.11 Å². The van der Waals surface area contributed by atoms with Crippen LogP contribution in [0.4, 0.5) is 0 Å². The van der Waals surface area contributed by atoms with Gasteiger partial charge in [0.2, 0.25) is 0 Å². The summed E-state index contributed by atoms with van der Waals surface area (Å²) in [6, 6.07) is 42.2. The molecule has 6 rings (SSSR count). The molecule has 0 aliphatic carbocycles. The van der Waals surface area contributed by atoms with Crippen molar-refractivity contribution in [3.8, 4) is 23.0 Å². The monoisotopic (exact) mass is 718 g/mol. The molecule has 0 aliphatic rings. The Morgan fingerprint density at radius 1 is 0.426 bits per heavy atom. The molecule has 0 saturated carbocycles. The maximum absolute atomic E-state index is 12.9. The summed E-state index contributed by atoms with van der Waals surface area (Å²) in [6.07, 6.45) is 0.609. The van der Waals surface area contributed by atoms with Crippen LogP contribution in [-0.4, -0.2) is 30.8 Å². The van der Waals surface area contributed by atoms with Gasteiger partial charge in [-0.1, -0.05) is 74.5 Å². The zero-order chi connectivity index (χ0) is 38.2. The molecule has 270 valence electrons. The van der Waals surface area contributed by atoms with Crippen LogP contribution in [0.2, 0.25) is 0 Å². The smallest absolute Gasteiger partial charge is 0.343 e. The van der Waals surface area contributed by atoms with Crippen molar-refractivity contribution in [1.82, 2.24) is 0 Å². The minimum atomic E-state index is -0.558. The molecule has 6 aromatic carbocycles. The van der Waals surface area contributed by atoms with Crippen LogP contribution in [0.3, 0.4) is 0 Å². The average molecular weight is 719 g/mol. The third-order valence-electron chi connectivity index (χ3n) is 9.16. The first kappa shape index (κ1) is 37.0. The number of rotatable bonds is 12. The van der Waals surface area contributed by atoms with Gasteiger partial charge >= 0.3 is 17.9 Å². The highest BCUT2D eigenvalue weighted by Crippen LogP contribution is 2.33. The number of esters is 3. The third kappa shape index (κ3) is 8.97. The molecule has 54 heavy (non-hydrogen) atoms. The molecule has 0 aromatic heterocycles. The van der Waals surface area contributed by atoms with E-state index < -0.39 is 17.9 Å². The largest absolute Gasteiger partial charge is 0.497 e. The fraction of sp³-hybridized carbons (Fsp3) is 0.130. The van der Waals surface area contributed by atoms with Crippen LogP contribution >= 0.6 is 0 Å². The number of carbonyl (C=O) groups excluding carboxylic acids is 4. The first-order chi connectivity index (χ1) is 26.0. The van der Waals surface area contributed by atoms with Gasteiger partial charge in [0, 0.05) is 11.0 Å². The Hall–Kier alpha value is -6.80. The summed E-state index contributed by atoms with van der Waals surface area (Å²) in [5.74, 6) is 0.310. The van der Waals surface area contributed by atoms with Crippen LogP contribution in [0.1, 0.15) is 84.5 Å². The van der Waals surface area contributed by atoms with Crippen molar-refractivity contribution in [1.29, 1.82) is 0 Å². The number of benzene rings is 6. The van der Waals surface area contributed by atoms with Crippen molar-refractivity contribution >= 4 is 23.7 Å². The third-order valence-corrected chi connectivity index (χ3v) is 9.16. The summed E-state index contributed by atoms with van der Waals surface area (Å²) in [4.78, 5) is 49.7. The molecular formula is C46H38O8. The fourth-order valence-electron chi connectivity index (χ4n) is 5.78. The van der Waals surface area contributed by atoms with Crippen molar-refractivity contribution in [3.05, 3.63) is 190 Å². The molecule has 0 saturated heterocycles. The lowest BCUT2D eigenvalue weighted by molar-refractivity contribution is 0.0720. The lowest BCUT2D eigenvalue weighted by Gasteiger charge is -2.26. The van der Waals surface area contributed by atoms with Gasteiger partial charge in [-0.15, -0.1) is 0 Å². The van der Waals surface area contributed by atoms with Crippen LogP contribution in [-0.2, 0) is 11.8 Å². The Kier molecular flexibility index (Phi) is 11.1. The van der Waals surface area contributed by atoms with E-state index in [4.69, 9.17) is 18.9 Å².